The highest BCUT2D eigenvalue weighted by atomic mass is 19.1. The summed E-state index contributed by atoms with van der Waals surface area (Å²) >= 11 is 0. The summed E-state index contributed by atoms with van der Waals surface area (Å²) in [4.78, 5) is 30.7. The van der Waals surface area contributed by atoms with Gasteiger partial charge in [0.15, 0.2) is 17.5 Å². The lowest BCUT2D eigenvalue weighted by molar-refractivity contribution is 0.188. The van der Waals surface area contributed by atoms with E-state index in [0.717, 1.165) is 36.0 Å². The lowest BCUT2D eigenvalue weighted by Gasteiger charge is -2.35. The normalized spacial score (nSPS) is 16.4. The second-order valence-corrected chi connectivity index (χ2v) is 9.75. The maximum Gasteiger partial charge on any atom is 0.318 e. The number of aryl methyl sites for hydroxylation is 2. The molecule has 1 saturated heterocycles. The monoisotopic (exact) mass is 517 g/mol. The Morgan fingerprint density at radius 1 is 1.05 bits per heavy atom. The topological polar surface area (TPSA) is 133 Å². The lowest BCUT2D eigenvalue weighted by atomic mass is 10.1. The molecule has 1 aliphatic carbocycles. The van der Waals surface area contributed by atoms with Crippen molar-refractivity contribution in [3.8, 4) is 5.82 Å². The molecule has 13 heteroatoms. The summed E-state index contributed by atoms with van der Waals surface area (Å²) in [5.41, 5.74) is 2.32. The molecule has 0 aromatic carbocycles. The fraction of sp³-hybridized carbons (Fsp3) is 0.360. The van der Waals surface area contributed by atoms with E-state index in [2.05, 4.69) is 45.8 Å². The van der Waals surface area contributed by atoms with Crippen LogP contribution in [0.1, 0.15) is 29.8 Å². The van der Waals surface area contributed by atoms with E-state index in [1.54, 1.807) is 12.3 Å². The smallest absolute Gasteiger partial charge is 0.318 e. The Bertz CT molecular complexity index is 1450. The molecule has 0 atom stereocenters. The van der Waals surface area contributed by atoms with E-state index in [9.17, 15) is 9.18 Å². The summed E-state index contributed by atoms with van der Waals surface area (Å²) in [6, 6.07) is 7.39. The van der Waals surface area contributed by atoms with E-state index in [4.69, 9.17) is 0 Å². The summed E-state index contributed by atoms with van der Waals surface area (Å²) in [5.74, 6) is 2.10. The summed E-state index contributed by atoms with van der Waals surface area (Å²) in [6.45, 7) is 6.24. The van der Waals surface area contributed by atoms with Gasteiger partial charge in [0.2, 0.25) is 5.95 Å². The zero-order valence-electron chi connectivity index (χ0n) is 21.1. The highest BCUT2D eigenvalue weighted by Crippen LogP contribution is 2.45. The van der Waals surface area contributed by atoms with Crippen LogP contribution in [0.4, 0.5) is 26.8 Å². The van der Waals surface area contributed by atoms with Crippen LogP contribution >= 0.6 is 0 Å². The number of anilines is 3. The quantitative estimate of drug-likeness (QED) is 0.356. The maximum atomic E-state index is 13.3. The number of aromatic nitrogens is 7. The van der Waals surface area contributed by atoms with E-state index in [0.29, 0.717) is 49.6 Å². The fourth-order valence-electron chi connectivity index (χ4n) is 4.61. The molecule has 3 N–H and O–H groups in total. The third-order valence-electron chi connectivity index (χ3n) is 6.84. The van der Waals surface area contributed by atoms with Crippen molar-refractivity contribution >= 4 is 23.6 Å². The molecule has 5 heterocycles. The van der Waals surface area contributed by atoms with E-state index in [1.807, 2.05) is 36.9 Å². The molecular formula is C25H28FN11O. The second-order valence-electron chi connectivity index (χ2n) is 9.75. The van der Waals surface area contributed by atoms with E-state index in [-0.39, 0.29) is 6.03 Å². The Kier molecular flexibility index (Phi) is 5.89. The molecule has 1 saturated carbocycles. The van der Waals surface area contributed by atoms with Crippen LogP contribution in [0.15, 0.2) is 42.9 Å². The first-order valence-corrected chi connectivity index (χ1v) is 12.5. The molecule has 2 aliphatic rings. The molecule has 0 unspecified atom stereocenters. The number of H-pyrrole nitrogens is 1. The zero-order chi connectivity index (χ0) is 26.3. The highest BCUT2D eigenvalue weighted by Gasteiger charge is 2.47. The molecule has 4 aromatic heterocycles. The average molecular weight is 518 g/mol. The molecular weight excluding hydrogens is 489 g/mol. The van der Waals surface area contributed by atoms with Crippen molar-refractivity contribution < 1.29 is 9.18 Å². The van der Waals surface area contributed by atoms with Gasteiger partial charge >= 0.3 is 6.03 Å². The Morgan fingerprint density at radius 3 is 2.50 bits per heavy atom. The van der Waals surface area contributed by atoms with Crippen molar-refractivity contribution in [3.63, 3.8) is 0 Å². The van der Waals surface area contributed by atoms with Gasteiger partial charge < -0.3 is 20.4 Å². The van der Waals surface area contributed by atoms with Crippen LogP contribution in [0, 0.1) is 19.7 Å². The molecule has 2 fully saturated rings. The summed E-state index contributed by atoms with van der Waals surface area (Å²) in [5, 5.41) is 17.5. The van der Waals surface area contributed by atoms with Gasteiger partial charge in [0.1, 0.15) is 5.82 Å². The van der Waals surface area contributed by atoms with Gasteiger partial charge in [-0.25, -0.2) is 23.8 Å². The summed E-state index contributed by atoms with van der Waals surface area (Å²) in [6.07, 6.45) is 5.83. The Hall–Kier alpha value is -4.55. The van der Waals surface area contributed by atoms with Gasteiger partial charge in [0.25, 0.3) is 0 Å². The number of aromatic amines is 1. The number of carbonyl (C=O) groups is 1. The van der Waals surface area contributed by atoms with Gasteiger partial charge in [-0.3, -0.25) is 5.10 Å². The van der Waals surface area contributed by atoms with Gasteiger partial charge in [-0.2, -0.15) is 15.2 Å². The number of nitrogens with one attached hydrogen (secondary N) is 3. The first-order chi connectivity index (χ1) is 18.4. The van der Waals surface area contributed by atoms with Crippen molar-refractivity contribution in [3.05, 3.63) is 65.6 Å². The van der Waals surface area contributed by atoms with Crippen LogP contribution in [-0.2, 0) is 5.54 Å². The first kappa shape index (κ1) is 23.8. The third-order valence-corrected chi connectivity index (χ3v) is 6.84. The number of urea groups is 1. The molecule has 1 aliphatic heterocycles. The van der Waals surface area contributed by atoms with E-state index < -0.39 is 11.4 Å². The number of halogens is 1. The van der Waals surface area contributed by atoms with Gasteiger partial charge in [-0.05, 0) is 38.3 Å². The van der Waals surface area contributed by atoms with Crippen LogP contribution < -0.4 is 15.5 Å². The predicted molar refractivity (Wildman–Crippen MR) is 138 cm³/mol. The minimum atomic E-state index is -0.419. The molecule has 2 amide bonds. The van der Waals surface area contributed by atoms with Gasteiger partial charge in [-0.1, -0.05) is 6.07 Å². The number of carbonyl (C=O) groups excluding carboxylic acids is 1. The fourth-order valence-corrected chi connectivity index (χ4v) is 4.61. The van der Waals surface area contributed by atoms with Crippen LogP contribution in [-0.4, -0.2) is 72.0 Å². The van der Waals surface area contributed by atoms with E-state index in [1.165, 1.54) is 10.9 Å². The van der Waals surface area contributed by atoms with Crippen molar-refractivity contribution in [1.29, 1.82) is 0 Å². The van der Waals surface area contributed by atoms with Crippen LogP contribution in [0.25, 0.3) is 5.82 Å². The number of rotatable bonds is 6. The van der Waals surface area contributed by atoms with Crippen molar-refractivity contribution in [1.82, 2.24) is 45.1 Å². The largest absolute Gasteiger partial charge is 0.337 e. The maximum absolute atomic E-state index is 13.3. The Morgan fingerprint density at radius 2 is 1.87 bits per heavy atom. The summed E-state index contributed by atoms with van der Waals surface area (Å²) < 4.78 is 14.7. The molecule has 38 heavy (non-hydrogen) atoms. The molecule has 6 rings (SSSR count). The molecule has 0 radical (unpaired) electrons. The minimum absolute atomic E-state index is 0.0956. The number of pyridine rings is 1. The number of amides is 2. The van der Waals surface area contributed by atoms with Crippen LogP contribution in [0.3, 0.4) is 0 Å². The predicted octanol–water partition coefficient (Wildman–Crippen LogP) is 2.80. The first-order valence-electron chi connectivity index (χ1n) is 12.5. The molecule has 4 aromatic rings. The molecule has 196 valence electrons. The second kappa shape index (κ2) is 9.39. The average Bonchev–Trinajstić information content (AvgIpc) is 3.37. The van der Waals surface area contributed by atoms with Crippen LogP contribution in [0.2, 0.25) is 0 Å². The number of piperazine rings is 1. The standard InChI is InChI=1S/C25H28FN11O/c1-16-11-20(30-21-12-17(2)33-34-21)31-23(29-16)35-7-9-36(10-8-35)24(38)32-25(5-6-25)18-3-4-22(27-13-18)37-15-19(26)14-28-37/h3-4,11-15H,5-10H2,1-2H3,(H,32,38)(H2,29,30,31,33,34). The number of nitrogens with zero attached hydrogens (tertiary/aromatic N) is 8. The van der Waals surface area contributed by atoms with Gasteiger partial charge in [-0.15, -0.1) is 0 Å². The Balaban J connectivity index is 1.07. The minimum Gasteiger partial charge on any atom is -0.337 e. The number of hydrogen-bond donors (Lipinski definition) is 3. The summed E-state index contributed by atoms with van der Waals surface area (Å²) in [7, 11) is 0. The number of hydrogen-bond acceptors (Lipinski definition) is 8. The highest BCUT2D eigenvalue weighted by molar-refractivity contribution is 5.76. The SMILES string of the molecule is Cc1cc(Nc2cc(C)[nH]n2)nc(N2CCN(C(=O)NC3(c4ccc(-n5cc(F)cn5)nc4)CC3)CC2)n1. The molecule has 0 bridgehead atoms. The Labute approximate surface area is 218 Å². The lowest BCUT2D eigenvalue weighted by Crippen LogP contribution is -2.54. The van der Waals surface area contributed by atoms with Crippen LogP contribution in [0.5, 0.6) is 0 Å². The van der Waals surface area contributed by atoms with Crippen molar-refractivity contribution in [2.24, 2.45) is 0 Å². The van der Waals surface area contributed by atoms with E-state index >= 15 is 0 Å². The zero-order valence-corrected chi connectivity index (χ0v) is 21.1. The molecule has 12 nitrogen and oxygen atoms in total. The van der Waals surface area contributed by atoms with Crippen molar-refractivity contribution in [2.75, 3.05) is 36.4 Å². The van der Waals surface area contributed by atoms with Crippen molar-refractivity contribution in [2.45, 2.75) is 32.2 Å². The van der Waals surface area contributed by atoms with Gasteiger partial charge in [0, 0.05) is 55.9 Å². The molecule has 0 spiro atoms. The van der Waals surface area contributed by atoms with Gasteiger partial charge in [0.05, 0.1) is 17.9 Å². The third kappa shape index (κ3) is 4.86.